The fourth-order valence-corrected chi connectivity index (χ4v) is 1.95. The smallest absolute Gasteiger partial charge is 0.408 e. The van der Waals surface area contributed by atoms with Gasteiger partial charge < -0.3 is 20.1 Å². The minimum absolute atomic E-state index is 0.333. The lowest BCUT2D eigenvalue weighted by molar-refractivity contribution is 0.0149. The van der Waals surface area contributed by atoms with Gasteiger partial charge in [0.25, 0.3) is 0 Å². The predicted octanol–water partition coefficient (Wildman–Crippen LogP) is 2.06. The van der Waals surface area contributed by atoms with Crippen LogP contribution < -0.4 is 10.6 Å². The summed E-state index contributed by atoms with van der Waals surface area (Å²) in [5.41, 5.74) is -0.798. The van der Waals surface area contributed by atoms with E-state index in [-0.39, 0.29) is 11.6 Å². The van der Waals surface area contributed by atoms with Crippen molar-refractivity contribution in [2.75, 3.05) is 13.7 Å². The second-order valence-corrected chi connectivity index (χ2v) is 6.92. The van der Waals surface area contributed by atoms with Crippen molar-refractivity contribution in [3.63, 3.8) is 0 Å². The Morgan fingerprint density at radius 3 is 2.26 bits per heavy atom. The number of ether oxygens (including phenoxy) is 2. The average Bonchev–Trinajstić information content (AvgIpc) is 2.10. The van der Waals surface area contributed by atoms with Gasteiger partial charge in [0.15, 0.2) is 0 Å². The van der Waals surface area contributed by atoms with Crippen LogP contribution in [0.3, 0.4) is 0 Å². The van der Waals surface area contributed by atoms with Crippen LogP contribution in [0.25, 0.3) is 0 Å². The fourth-order valence-electron chi connectivity index (χ4n) is 1.95. The Hall–Kier alpha value is -0.810. The zero-order chi connectivity index (χ0) is 14.7. The number of hydrogen-bond donors (Lipinski definition) is 2. The highest BCUT2D eigenvalue weighted by Gasteiger charge is 2.31. The molecule has 2 N–H and O–H groups in total. The summed E-state index contributed by atoms with van der Waals surface area (Å²) in [6.07, 6.45) is 2.10. The van der Waals surface area contributed by atoms with Crippen LogP contribution in [0.15, 0.2) is 0 Å². The summed E-state index contributed by atoms with van der Waals surface area (Å²) in [5.74, 6) is 0. The highest BCUT2D eigenvalue weighted by Crippen LogP contribution is 2.22. The quantitative estimate of drug-likeness (QED) is 0.804. The minimum atomic E-state index is -0.465. The molecule has 0 spiro atoms. The maximum absolute atomic E-state index is 11.7. The monoisotopic (exact) mass is 272 g/mol. The van der Waals surface area contributed by atoms with Gasteiger partial charge in [-0.05, 0) is 47.5 Å². The van der Waals surface area contributed by atoms with E-state index in [4.69, 9.17) is 9.47 Å². The molecule has 5 nitrogen and oxygen atoms in total. The number of methoxy groups -OCH3 is 1. The van der Waals surface area contributed by atoms with E-state index in [0.717, 1.165) is 12.8 Å². The minimum Gasteiger partial charge on any atom is -0.444 e. The number of carbonyl (C=O) groups excluding carboxylic acids is 1. The third-order valence-electron chi connectivity index (χ3n) is 3.10. The number of rotatable bonds is 5. The van der Waals surface area contributed by atoms with Gasteiger partial charge in [-0.2, -0.15) is 0 Å². The molecular formula is C14H28N2O3. The summed E-state index contributed by atoms with van der Waals surface area (Å²) in [4.78, 5) is 11.7. The average molecular weight is 272 g/mol. The molecule has 0 bridgehead atoms. The Labute approximate surface area is 116 Å². The zero-order valence-corrected chi connectivity index (χ0v) is 13.0. The molecule has 0 aromatic rings. The van der Waals surface area contributed by atoms with E-state index in [9.17, 15) is 4.79 Å². The van der Waals surface area contributed by atoms with E-state index >= 15 is 0 Å². The topological polar surface area (TPSA) is 59.6 Å². The molecule has 0 aromatic heterocycles. The molecular weight excluding hydrogens is 244 g/mol. The molecule has 1 fully saturated rings. The second-order valence-electron chi connectivity index (χ2n) is 6.92. The molecule has 112 valence electrons. The Balaban J connectivity index is 2.26. The first-order valence-corrected chi connectivity index (χ1v) is 6.89. The van der Waals surface area contributed by atoms with Crippen LogP contribution in [-0.4, -0.2) is 43.0 Å². The molecule has 0 unspecified atom stereocenters. The first-order valence-electron chi connectivity index (χ1n) is 6.89. The molecule has 0 heterocycles. The van der Waals surface area contributed by atoms with Gasteiger partial charge in [0, 0.05) is 19.7 Å². The third-order valence-corrected chi connectivity index (χ3v) is 3.10. The molecule has 0 aromatic carbocycles. The molecule has 1 aliphatic rings. The fraction of sp³-hybridized carbons (Fsp3) is 0.929. The molecule has 0 atom stereocenters. The van der Waals surface area contributed by atoms with Crippen molar-refractivity contribution in [1.82, 2.24) is 10.6 Å². The predicted molar refractivity (Wildman–Crippen MR) is 75.3 cm³/mol. The van der Waals surface area contributed by atoms with Gasteiger partial charge in [-0.1, -0.05) is 0 Å². The maximum Gasteiger partial charge on any atom is 0.408 e. The van der Waals surface area contributed by atoms with Crippen LogP contribution in [0, 0.1) is 0 Å². The summed E-state index contributed by atoms with van der Waals surface area (Å²) in [6, 6.07) is 0.490. The van der Waals surface area contributed by atoms with Crippen LogP contribution in [0.2, 0.25) is 0 Å². The number of nitrogens with one attached hydrogen (secondary N) is 2. The lowest BCUT2D eigenvalue weighted by atomic mass is 9.88. The number of hydrogen-bond acceptors (Lipinski definition) is 4. The molecule has 1 saturated carbocycles. The summed E-state index contributed by atoms with van der Waals surface area (Å²) < 4.78 is 10.5. The van der Waals surface area contributed by atoms with Gasteiger partial charge in [-0.15, -0.1) is 0 Å². The summed E-state index contributed by atoms with van der Waals surface area (Å²) in [5, 5.41) is 6.33. The van der Waals surface area contributed by atoms with E-state index in [1.807, 2.05) is 34.6 Å². The highest BCUT2D eigenvalue weighted by molar-refractivity contribution is 5.68. The van der Waals surface area contributed by atoms with E-state index in [2.05, 4.69) is 10.6 Å². The van der Waals surface area contributed by atoms with Crippen LogP contribution in [0.1, 0.15) is 47.5 Å². The molecule has 0 saturated heterocycles. The lowest BCUT2D eigenvalue weighted by Gasteiger charge is -2.37. The summed E-state index contributed by atoms with van der Waals surface area (Å²) >= 11 is 0. The molecule has 19 heavy (non-hydrogen) atoms. The molecule has 0 radical (unpaired) electrons. The van der Waals surface area contributed by atoms with Crippen molar-refractivity contribution < 1.29 is 14.3 Å². The third kappa shape index (κ3) is 6.25. The van der Waals surface area contributed by atoms with Crippen LogP contribution in [0.4, 0.5) is 4.79 Å². The van der Waals surface area contributed by atoms with Crippen molar-refractivity contribution in [3.8, 4) is 0 Å². The van der Waals surface area contributed by atoms with Crippen LogP contribution >= 0.6 is 0 Å². The standard InChI is InChI=1S/C14H28N2O3/c1-13(2,3)19-12(17)16-14(4,5)9-15-10-7-11(8-10)18-6/h10-11,15H,7-9H2,1-6H3,(H,16,17). The van der Waals surface area contributed by atoms with Crippen molar-refractivity contribution in [1.29, 1.82) is 0 Å². The van der Waals surface area contributed by atoms with Gasteiger partial charge >= 0.3 is 6.09 Å². The van der Waals surface area contributed by atoms with Crippen LogP contribution in [0.5, 0.6) is 0 Å². The van der Waals surface area contributed by atoms with E-state index in [0.29, 0.717) is 18.7 Å². The first-order chi connectivity index (χ1) is 8.61. The van der Waals surface area contributed by atoms with Gasteiger partial charge in [-0.25, -0.2) is 4.79 Å². The van der Waals surface area contributed by atoms with Gasteiger partial charge in [-0.3, -0.25) is 0 Å². The van der Waals surface area contributed by atoms with Gasteiger partial charge in [0.1, 0.15) is 5.60 Å². The van der Waals surface area contributed by atoms with Crippen LogP contribution in [-0.2, 0) is 9.47 Å². The van der Waals surface area contributed by atoms with Crippen molar-refractivity contribution >= 4 is 6.09 Å². The zero-order valence-electron chi connectivity index (χ0n) is 13.0. The molecule has 0 aliphatic heterocycles. The van der Waals surface area contributed by atoms with E-state index < -0.39 is 5.60 Å². The Morgan fingerprint density at radius 1 is 1.21 bits per heavy atom. The normalized spacial score (nSPS) is 23.7. The summed E-state index contributed by atoms with van der Waals surface area (Å²) in [7, 11) is 1.74. The molecule has 5 heteroatoms. The van der Waals surface area contributed by atoms with E-state index in [1.54, 1.807) is 7.11 Å². The van der Waals surface area contributed by atoms with Crippen molar-refractivity contribution in [2.24, 2.45) is 0 Å². The summed E-state index contributed by atoms with van der Waals surface area (Å²) in [6.45, 7) is 10.3. The van der Waals surface area contributed by atoms with E-state index in [1.165, 1.54) is 0 Å². The number of alkyl carbamates (subject to hydrolysis) is 1. The SMILES string of the molecule is COC1CC(NCC(C)(C)NC(=O)OC(C)(C)C)C1. The maximum atomic E-state index is 11.7. The largest absolute Gasteiger partial charge is 0.444 e. The Bertz CT molecular complexity index is 304. The van der Waals surface area contributed by atoms with Crippen molar-refractivity contribution in [3.05, 3.63) is 0 Å². The highest BCUT2D eigenvalue weighted by atomic mass is 16.6. The molecule has 1 rings (SSSR count). The Morgan fingerprint density at radius 2 is 1.79 bits per heavy atom. The van der Waals surface area contributed by atoms with Crippen molar-refractivity contribution in [2.45, 2.75) is 70.7 Å². The Kier molecular flexibility index (Phi) is 5.21. The number of carbonyl (C=O) groups is 1. The number of amides is 1. The second kappa shape index (κ2) is 6.09. The van der Waals surface area contributed by atoms with Gasteiger partial charge in [0.05, 0.1) is 11.6 Å². The molecule has 1 aliphatic carbocycles. The molecule has 1 amide bonds. The first kappa shape index (κ1) is 16.2. The lowest BCUT2D eigenvalue weighted by Crippen LogP contribution is -2.55. The van der Waals surface area contributed by atoms with Gasteiger partial charge in [0.2, 0.25) is 0 Å².